The second kappa shape index (κ2) is 9.69. The lowest BCUT2D eigenvalue weighted by atomic mass is 9.96. The van der Waals surface area contributed by atoms with Crippen molar-refractivity contribution in [2.45, 2.75) is 46.6 Å². The molecule has 0 saturated carbocycles. The number of unbranched alkanes of at least 4 members (excludes halogenated alkanes) is 1. The zero-order valence-corrected chi connectivity index (χ0v) is 21.5. The number of esters is 1. The molecule has 0 N–H and O–H groups in total. The summed E-state index contributed by atoms with van der Waals surface area (Å²) in [4.78, 5) is 41.6. The molecule has 0 spiro atoms. The molecule has 0 bridgehead atoms. The van der Waals surface area contributed by atoms with E-state index in [2.05, 4.69) is 0 Å². The van der Waals surface area contributed by atoms with Gasteiger partial charge in [0.2, 0.25) is 5.76 Å². The third kappa shape index (κ3) is 4.33. The summed E-state index contributed by atoms with van der Waals surface area (Å²) in [5.41, 5.74) is 5.31. The van der Waals surface area contributed by atoms with Crippen molar-refractivity contribution < 1.29 is 18.7 Å². The van der Waals surface area contributed by atoms with Gasteiger partial charge in [0.1, 0.15) is 5.58 Å². The van der Waals surface area contributed by atoms with Crippen LogP contribution in [0.1, 0.15) is 74.5 Å². The number of carbonyl (C=O) groups is 2. The van der Waals surface area contributed by atoms with E-state index in [4.69, 9.17) is 9.15 Å². The molecule has 0 radical (unpaired) electrons. The second-order valence-corrected chi connectivity index (χ2v) is 9.63. The number of hydrogen-bond donors (Lipinski definition) is 0. The topological polar surface area (TPSA) is 76.8 Å². The van der Waals surface area contributed by atoms with Gasteiger partial charge in [-0.2, -0.15) is 0 Å². The van der Waals surface area contributed by atoms with Crippen LogP contribution in [0.2, 0.25) is 0 Å². The zero-order valence-electron chi connectivity index (χ0n) is 21.5. The van der Waals surface area contributed by atoms with Crippen LogP contribution in [0.3, 0.4) is 0 Å². The van der Waals surface area contributed by atoms with Crippen LogP contribution in [0.5, 0.6) is 0 Å². The summed E-state index contributed by atoms with van der Waals surface area (Å²) in [6.45, 7) is 8.28. The fourth-order valence-electron chi connectivity index (χ4n) is 4.71. The van der Waals surface area contributed by atoms with Gasteiger partial charge in [0.05, 0.1) is 29.2 Å². The summed E-state index contributed by atoms with van der Waals surface area (Å²) in [5.74, 6) is -0.745. The van der Waals surface area contributed by atoms with Gasteiger partial charge in [-0.25, -0.2) is 4.79 Å². The van der Waals surface area contributed by atoms with Gasteiger partial charge >= 0.3 is 5.97 Å². The van der Waals surface area contributed by atoms with Crippen LogP contribution in [-0.4, -0.2) is 18.5 Å². The number of aryl methyl sites for hydroxylation is 3. The molecule has 0 aliphatic carbocycles. The zero-order chi connectivity index (χ0) is 26.3. The van der Waals surface area contributed by atoms with E-state index < -0.39 is 17.9 Å². The highest BCUT2D eigenvalue weighted by Gasteiger charge is 2.43. The minimum absolute atomic E-state index is 0.0504. The minimum Gasteiger partial charge on any atom is -0.462 e. The molecule has 0 saturated heterocycles. The summed E-state index contributed by atoms with van der Waals surface area (Å²) >= 11 is 0. The normalized spacial score (nSPS) is 14.8. The van der Waals surface area contributed by atoms with E-state index in [1.54, 1.807) is 29.2 Å². The predicted octanol–water partition coefficient (Wildman–Crippen LogP) is 6.42. The molecule has 1 aromatic heterocycles. The first-order chi connectivity index (χ1) is 17.8. The monoisotopic (exact) mass is 495 g/mol. The molecule has 1 aliphatic heterocycles. The maximum Gasteiger partial charge on any atom is 0.338 e. The molecule has 188 valence electrons. The molecule has 37 heavy (non-hydrogen) atoms. The average molecular weight is 496 g/mol. The molecule has 4 aromatic rings. The third-order valence-electron chi connectivity index (χ3n) is 6.99. The molecule has 1 atom stereocenters. The van der Waals surface area contributed by atoms with Crippen molar-refractivity contribution in [3.05, 3.63) is 110 Å². The van der Waals surface area contributed by atoms with E-state index in [1.807, 2.05) is 64.1 Å². The fraction of sp³-hybridized carbons (Fsp3) is 0.258. The van der Waals surface area contributed by atoms with E-state index in [9.17, 15) is 14.4 Å². The average Bonchev–Trinajstić information content (AvgIpc) is 3.18. The van der Waals surface area contributed by atoms with E-state index in [0.29, 0.717) is 34.4 Å². The van der Waals surface area contributed by atoms with Crippen molar-refractivity contribution in [3.63, 3.8) is 0 Å². The highest BCUT2D eigenvalue weighted by atomic mass is 16.5. The van der Waals surface area contributed by atoms with E-state index >= 15 is 0 Å². The molecule has 1 unspecified atom stereocenters. The number of hydrogen-bond acceptors (Lipinski definition) is 5. The SMILES string of the molecule is CCCCOC(=O)c1ccc(N2C(=O)c3oc4cc(C)c(C)cc4c(=O)c3C2c2ccc(C)cc2)cc1. The summed E-state index contributed by atoms with van der Waals surface area (Å²) in [6, 6.07) is 17.5. The largest absolute Gasteiger partial charge is 0.462 e. The lowest BCUT2D eigenvalue weighted by Gasteiger charge is -2.25. The van der Waals surface area contributed by atoms with E-state index in [-0.39, 0.29) is 11.2 Å². The summed E-state index contributed by atoms with van der Waals surface area (Å²) in [5, 5.41) is 0.457. The van der Waals surface area contributed by atoms with Gasteiger partial charge < -0.3 is 9.15 Å². The predicted molar refractivity (Wildman–Crippen MR) is 143 cm³/mol. The molecular formula is C31H29NO5. The highest BCUT2D eigenvalue weighted by Crippen LogP contribution is 2.41. The number of anilines is 1. The van der Waals surface area contributed by atoms with Crippen molar-refractivity contribution in [1.29, 1.82) is 0 Å². The second-order valence-electron chi connectivity index (χ2n) is 9.63. The first-order valence-corrected chi connectivity index (χ1v) is 12.6. The standard InChI is InChI=1S/C31H29NO5/c1-5-6-15-36-31(35)22-11-13-23(14-12-22)32-27(21-9-7-18(2)8-10-21)26-28(33)24-16-19(3)20(4)17-25(24)37-29(26)30(32)34/h7-14,16-17,27H,5-6,15H2,1-4H3. The Bertz CT molecular complexity index is 1570. The van der Waals surface area contributed by atoms with Gasteiger partial charge in [0, 0.05) is 5.69 Å². The number of benzene rings is 3. The molecule has 0 fully saturated rings. The van der Waals surface area contributed by atoms with Crippen molar-refractivity contribution in [2.24, 2.45) is 0 Å². The molecular weight excluding hydrogens is 466 g/mol. The van der Waals surface area contributed by atoms with Gasteiger partial charge in [0.25, 0.3) is 5.91 Å². The molecule has 6 heteroatoms. The Labute approximate surface area is 215 Å². The van der Waals surface area contributed by atoms with Crippen LogP contribution < -0.4 is 10.3 Å². The van der Waals surface area contributed by atoms with Gasteiger partial charge in [-0.15, -0.1) is 0 Å². The minimum atomic E-state index is -0.660. The van der Waals surface area contributed by atoms with Crippen molar-refractivity contribution >= 4 is 28.5 Å². The maximum atomic E-state index is 13.8. The number of ether oxygens (including phenoxy) is 1. The van der Waals surface area contributed by atoms with Crippen LogP contribution in [0.15, 0.2) is 69.9 Å². The van der Waals surface area contributed by atoms with Crippen LogP contribution in [0, 0.1) is 20.8 Å². The van der Waals surface area contributed by atoms with E-state index in [0.717, 1.165) is 35.1 Å². The summed E-state index contributed by atoms with van der Waals surface area (Å²) in [7, 11) is 0. The van der Waals surface area contributed by atoms with Crippen LogP contribution in [0.25, 0.3) is 11.0 Å². The smallest absolute Gasteiger partial charge is 0.338 e. The Kier molecular flexibility index (Phi) is 6.42. The summed E-state index contributed by atoms with van der Waals surface area (Å²) in [6.07, 6.45) is 1.74. The molecule has 1 amide bonds. The molecule has 1 aliphatic rings. The highest BCUT2D eigenvalue weighted by molar-refractivity contribution is 6.10. The Morgan fingerprint density at radius 2 is 1.62 bits per heavy atom. The van der Waals surface area contributed by atoms with Crippen LogP contribution in [-0.2, 0) is 4.74 Å². The Morgan fingerprint density at radius 3 is 2.30 bits per heavy atom. The number of nitrogens with zero attached hydrogens (tertiary/aromatic N) is 1. The quantitative estimate of drug-likeness (QED) is 0.228. The third-order valence-corrected chi connectivity index (χ3v) is 6.99. The van der Waals surface area contributed by atoms with Gasteiger partial charge in [-0.3, -0.25) is 14.5 Å². The van der Waals surface area contributed by atoms with Crippen LogP contribution in [0.4, 0.5) is 5.69 Å². The molecule has 2 heterocycles. The van der Waals surface area contributed by atoms with Gasteiger partial charge in [-0.1, -0.05) is 43.2 Å². The van der Waals surface area contributed by atoms with E-state index in [1.165, 1.54) is 0 Å². The van der Waals surface area contributed by atoms with Gasteiger partial charge in [0.15, 0.2) is 5.43 Å². The number of rotatable bonds is 6. The van der Waals surface area contributed by atoms with Crippen molar-refractivity contribution in [2.75, 3.05) is 11.5 Å². The fourth-order valence-corrected chi connectivity index (χ4v) is 4.71. The molecule has 6 nitrogen and oxygen atoms in total. The van der Waals surface area contributed by atoms with Crippen LogP contribution >= 0.6 is 0 Å². The molecule has 3 aromatic carbocycles. The number of fused-ring (bicyclic) bond motifs is 2. The maximum absolute atomic E-state index is 13.8. The lowest BCUT2D eigenvalue weighted by molar-refractivity contribution is 0.0499. The van der Waals surface area contributed by atoms with Gasteiger partial charge in [-0.05, 0) is 80.3 Å². The van der Waals surface area contributed by atoms with Crippen molar-refractivity contribution in [3.8, 4) is 0 Å². The number of carbonyl (C=O) groups excluding carboxylic acids is 2. The Balaban J connectivity index is 1.63. The first kappa shape index (κ1) is 24.5. The molecule has 5 rings (SSSR count). The first-order valence-electron chi connectivity index (χ1n) is 12.6. The number of amides is 1. The Hall–Kier alpha value is -4.19. The van der Waals surface area contributed by atoms with Crippen molar-refractivity contribution in [1.82, 2.24) is 0 Å². The lowest BCUT2D eigenvalue weighted by Crippen LogP contribution is -2.29. The summed E-state index contributed by atoms with van der Waals surface area (Å²) < 4.78 is 11.4. The Morgan fingerprint density at radius 1 is 0.946 bits per heavy atom.